The minimum Gasteiger partial charge on any atom is -0.466 e. The van der Waals surface area contributed by atoms with E-state index in [1.165, 1.54) is 0 Å². The summed E-state index contributed by atoms with van der Waals surface area (Å²) in [6.45, 7) is 14.0. The van der Waals surface area contributed by atoms with Gasteiger partial charge in [0, 0.05) is 12.8 Å². The summed E-state index contributed by atoms with van der Waals surface area (Å²) in [5, 5.41) is 0. The zero-order chi connectivity index (χ0) is 25.5. The van der Waals surface area contributed by atoms with Gasteiger partial charge >= 0.3 is 5.97 Å². The largest absolute Gasteiger partial charge is 0.466 e. The fourth-order valence-corrected chi connectivity index (χ4v) is 11.2. The molecule has 0 aromatic heterocycles. The number of ketones is 1. The van der Waals surface area contributed by atoms with E-state index >= 15 is 0 Å². The van der Waals surface area contributed by atoms with Crippen LogP contribution in [0, 0.1) is 0 Å². The van der Waals surface area contributed by atoms with Gasteiger partial charge < -0.3 is 13.6 Å². The van der Waals surface area contributed by atoms with Crippen molar-refractivity contribution in [1.82, 2.24) is 0 Å². The lowest BCUT2D eigenvalue weighted by atomic mass is 9.98. The summed E-state index contributed by atoms with van der Waals surface area (Å²) in [6.07, 6.45) is 8.88. The van der Waals surface area contributed by atoms with E-state index in [0.717, 1.165) is 81.2 Å². The summed E-state index contributed by atoms with van der Waals surface area (Å²) < 4.78 is 19.8. The molecule has 0 atom stereocenters. The maximum absolute atomic E-state index is 13.3. The van der Waals surface area contributed by atoms with Crippen molar-refractivity contribution in [2.75, 3.05) is 6.61 Å². The Morgan fingerprint density at radius 3 is 1.65 bits per heavy atom. The fourth-order valence-electron chi connectivity index (χ4n) is 5.29. The molecule has 1 fully saturated rings. The Morgan fingerprint density at radius 1 is 0.676 bits per heavy atom. The van der Waals surface area contributed by atoms with Crippen LogP contribution in [0.5, 0.6) is 0 Å². The first-order valence-electron chi connectivity index (χ1n) is 14.3. The Bertz CT molecular complexity index is 549. The lowest BCUT2D eigenvalue weighted by Crippen LogP contribution is -2.55. The third-order valence-corrected chi connectivity index (χ3v) is 17.5. The summed E-state index contributed by atoms with van der Waals surface area (Å²) in [5.74, 6) is -0.809. The van der Waals surface area contributed by atoms with Gasteiger partial charge in [-0.2, -0.15) is 0 Å². The van der Waals surface area contributed by atoms with E-state index < -0.39 is 22.4 Å². The van der Waals surface area contributed by atoms with E-state index in [2.05, 4.69) is 41.5 Å². The molecule has 0 unspecified atom stereocenters. The molecule has 1 aliphatic rings. The van der Waals surface area contributed by atoms with E-state index in [1.807, 2.05) is 0 Å². The van der Waals surface area contributed by atoms with Crippen LogP contribution < -0.4 is 0 Å². The van der Waals surface area contributed by atoms with Gasteiger partial charge in [0.2, 0.25) is 0 Å². The molecule has 0 bridgehead atoms. The quantitative estimate of drug-likeness (QED) is 0.167. The molecule has 1 heterocycles. The number of ether oxygens (including phenoxy) is 1. The number of hydrogen-bond donors (Lipinski definition) is 0. The molecule has 1 aliphatic heterocycles. The Labute approximate surface area is 212 Å². The standard InChI is InChI=1S/C27H54O5Si2/c1-7-33(8-2,9-3)31-27(32-34(10-4,11-5)12-6)22-17-15-13-14-16-18-23-30-26(29)21-19-20-25(28)24-27/h7-24H2,1-6H3. The summed E-state index contributed by atoms with van der Waals surface area (Å²) in [6, 6.07) is 6.27. The van der Waals surface area contributed by atoms with Gasteiger partial charge in [0.05, 0.1) is 13.0 Å². The van der Waals surface area contributed by atoms with Crippen LogP contribution in [0.2, 0.25) is 36.3 Å². The number of carbonyl (C=O) groups is 2. The van der Waals surface area contributed by atoms with Gasteiger partial charge in [0.15, 0.2) is 22.4 Å². The van der Waals surface area contributed by atoms with Gasteiger partial charge in [0.25, 0.3) is 0 Å². The molecule has 0 saturated carbocycles. The maximum atomic E-state index is 13.3. The summed E-state index contributed by atoms with van der Waals surface area (Å²) in [4.78, 5) is 25.4. The normalized spacial score (nSPS) is 20.2. The summed E-state index contributed by atoms with van der Waals surface area (Å²) in [7, 11) is -4.02. The highest BCUT2D eigenvalue weighted by molar-refractivity contribution is 6.74. The molecule has 0 N–H and O–H groups in total. The Balaban J connectivity index is 3.30. The number of hydrogen-bond acceptors (Lipinski definition) is 5. The van der Waals surface area contributed by atoms with Crippen LogP contribution in [0.15, 0.2) is 0 Å². The Kier molecular flexibility index (Phi) is 15.1. The van der Waals surface area contributed by atoms with Gasteiger partial charge in [-0.15, -0.1) is 0 Å². The monoisotopic (exact) mass is 514 g/mol. The van der Waals surface area contributed by atoms with Crippen molar-refractivity contribution >= 4 is 28.4 Å². The average molecular weight is 515 g/mol. The molecule has 0 aromatic rings. The second kappa shape index (κ2) is 16.3. The van der Waals surface area contributed by atoms with Crippen molar-refractivity contribution in [3.05, 3.63) is 0 Å². The third-order valence-electron chi connectivity index (χ3n) is 8.19. The van der Waals surface area contributed by atoms with Crippen LogP contribution in [0.4, 0.5) is 0 Å². The van der Waals surface area contributed by atoms with Crippen LogP contribution in [0.3, 0.4) is 0 Å². The number of cyclic esters (lactones) is 1. The van der Waals surface area contributed by atoms with Crippen molar-refractivity contribution in [1.29, 1.82) is 0 Å². The van der Waals surface area contributed by atoms with Crippen LogP contribution in [-0.4, -0.2) is 40.8 Å². The molecule has 1 saturated heterocycles. The second-order valence-corrected chi connectivity index (χ2v) is 19.6. The zero-order valence-electron chi connectivity index (χ0n) is 23.3. The van der Waals surface area contributed by atoms with E-state index in [1.54, 1.807) is 0 Å². The highest BCUT2D eigenvalue weighted by Gasteiger charge is 2.47. The maximum Gasteiger partial charge on any atom is 0.305 e. The minimum absolute atomic E-state index is 0.164. The van der Waals surface area contributed by atoms with Crippen LogP contribution in [0.25, 0.3) is 0 Å². The topological polar surface area (TPSA) is 61.8 Å². The van der Waals surface area contributed by atoms with E-state index in [9.17, 15) is 9.59 Å². The van der Waals surface area contributed by atoms with Gasteiger partial charge in [-0.3, -0.25) is 9.59 Å². The first-order chi connectivity index (χ1) is 16.3. The van der Waals surface area contributed by atoms with Crippen LogP contribution in [-0.2, 0) is 23.2 Å². The second-order valence-electron chi connectivity index (χ2n) is 10.3. The lowest BCUT2D eigenvalue weighted by molar-refractivity contribution is -0.156. The molecule has 1 rings (SSSR count). The van der Waals surface area contributed by atoms with E-state index in [0.29, 0.717) is 32.3 Å². The summed E-state index contributed by atoms with van der Waals surface area (Å²) >= 11 is 0. The smallest absolute Gasteiger partial charge is 0.305 e. The molecule has 0 spiro atoms. The van der Waals surface area contributed by atoms with Crippen molar-refractivity contribution < 1.29 is 23.2 Å². The van der Waals surface area contributed by atoms with E-state index in [-0.39, 0.29) is 11.8 Å². The van der Waals surface area contributed by atoms with Crippen LogP contribution in [0.1, 0.15) is 112 Å². The molecule has 34 heavy (non-hydrogen) atoms. The predicted molar refractivity (Wildman–Crippen MR) is 146 cm³/mol. The number of carbonyl (C=O) groups excluding carboxylic acids is 2. The SMILES string of the molecule is CC[Si](CC)(CC)OC1(O[Si](CC)(CC)CC)CCCCCCCCOC(=O)CCCC(=O)C1. The fraction of sp³-hybridized carbons (Fsp3) is 0.926. The first-order valence-corrected chi connectivity index (χ1v) is 19.4. The predicted octanol–water partition coefficient (Wildman–Crippen LogP) is 8.14. The summed E-state index contributed by atoms with van der Waals surface area (Å²) in [5.41, 5.74) is 0. The molecular weight excluding hydrogens is 460 g/mol. The van der Waals surface area contributed by atoms with Crippen molar-refractivity contribution in [2.45, 2.75) is 154 Å². The number of rotatable bonds is 10. The first kappa shape index (κ1) is 31.5. The average Bonchev–Trinajstić information content (AvgIpc) is 2.84. The Hall–Kier alpha value is -0.506. The Morgan fingerprint density at radius 2 is 1.15 bits per heavy atom. The lowest BCUT2D eigenvalue weighted by Gasteiger charge is -2.47. The van der Waals surface area contributed by atoms with Crippen molar-refractivity contribution in [3.8, 4) is 0 Å². The van der Waals surface area contributed by atoms with Gasteiger partial charge in [-0.1, -0.05) is 67.2 Å². The highest BCUT2D eigenvalue weighted by atomic mass is 28.4. The molecule has 0 aromatic carbocycles. The molecule has 0 radical (unpaired) electrons. The molecule has 0 amide bonds. The molecule has 0 aliphatic carbocycles. The van der Waals surface area contributed by atoms with Crippen molar-refractivity contribution in [3.63, 3.8) is 0 Å². The third kappa shape index (κ3) is 10.2. The van der Waals surface area contributed by atoms with Gasteiger partial charge in [-0.25, -0.2) is 0 Å². The van der Waals surface area contributed by atoms with Gasteiger partial charge in [0.1, 0.15) is 5.78 Å². The van der Waals surface area contributed by atoms with Crippen LogP contribution >= 0.6 is 0 Å². The number of esters is 1. The highest BCUT2D eigenvalue weighted by Crippen LogP contribution is 2.40. The molecule has 5 nitrogen and oxygen atoms in total. The van der Waals surface area contributed by atoms with Crippen molar-refractivity contribution in [2.24, 2.45) is 0 Å². The minimum atomic E-state index is -2.01. The van der Waals surface area contributed by atoms with E-state index in [4.69, 9.17) is 13.6 Å². The zero-order valence-corrected chi connectivity index (χ0v) is 25.3. The molecule has 200 valence electrons. The number of Topliss-reactive ketones (excluding diaryl/α,β-unsaturated/α-hetero) is 1. The molecule has 7 heteroatoms. The van der Waals surface area contributed by atoms with Gasteiger partial charge in [-0.05, 0) is 61.9 Å². The molecular formula is C27H54O5Si2.